The number of rotatable bonds is 4. The molecular weight excluding hydrogens is 338 g/mol. The lowest BCUT2D eigenvalue weighted by Gasteiger charge is -2.14. The third-order valence-corrected chi connectivity index (χ3v) is 4.13. The Bertz CT molecular complexity index is 967. The lowest BCUT2D eigenvalue weighted by atomic mass is 10.1. The van der Waals surface area contributed by atoms with Gasteiger partial charge in [-0.15, -0.1) is 0 Å². The Balaban J connectivity index is 1.82. The summed E-state index contributed by atoms with van der Waals surface area (Å²) in [6, 6.07) is 9.28. The Morgan fingerprint density at radius 2 is 1.88 bits per heavy atom. The van der Waals surface area contributed by atoms with Crippen LogP contribution in [0.2, 0.25) is 0 Å². The third kappa shape index (κ3) is 2.92. The van der Waals surface area contributed by atoms with Gasteiger partial charge in [0.25, 0.3) is 17.5 Å². The molecule has 0 saturated carbocycles. The SMILES string of the molecule is Cc1ccc(NC(=O)CN2C(=O)c3cccc([N+](=O)[O-])c3C2=O)c(C)c1. The van der Waals surface area contributed by atoms with E-state index in [1.165, 1.54) is 12.1 Å². The lowest BCUT2D eigenvalue weighted by molar-refractivity contribution is -0.385. The molecule has 8 nitrogen and oxygen atoms in total. The van der Waals surface area contributed by atoms with Gasteiger partial charge >= 0.3 is 0 Å². The molecule has 2 aromatic carbocycles. The van der Waals surface area contributed by atoms with Gasteiger partial charge in [0.1, 0.15) is 12.1 Å². The lowest BCUT2D eigenvalue weighted by Crippen LogP contribution is -2.37. The fourth-order valence-corrected chi connectivity index (χ4v) is 2.90. The molecule has 1 N–H and O–H groups in total. The number of benzene rings is 2. The van der Waals surface area contributed by atoms with Gasteiger partial charge in [-0.05, 0) is 31.5 Å². The van der Waals surface area contributed by atoms with Gasteiger partial charge in [-0.1, -0.05) is 23.8 Å². The molecule has 0 aliphatic carbocycles. The van der Waals surface area contributed by atoms with Crippen LogP contribution in [0, 0.1) is 24.0 Å². The predicted octanol–water partition coefficient (Wildman–Crippen LogP) is 2.45. The van der Waals surface area contributed by atoms with Crippen LogP contribution in [0.5, 0.6) is 0 Å². The fraction of sp³-hybridized carbons (Fsp3) is 0.167. The molecule has 2 aromatic rings. The smallest absolute Gasteiger partial charge is 0.282 e. The number of imide groups is 1. The summed E-state index contributed by atoms with van der Waals surface area (Å²) in [5.74, 6) is -2.12. The van der Waals surface area contributed by atoms with Gasteiger partial charge < -0.3 is 5.32 Å². The summed E-state index contributed by atoms with van der Waals surface area (Å²) in [5.41, 5.74) is 1.66. The Hall–Kier alpha value is -3.55. The van der Waals surface area contributed by atoms with Crippen molar-refractivity contribution in [1.29, 1.82) is 0 Å². The molecule has 3 amide bonds. The number of nitro benzene ring substituents is 1. The van der Waals surface area contributed by atoms with Crippen molar-refractivity contribution in [2.45, 2.75) is 13.8 Å². The molecule has 1 aliphatic rings. The number of carbonyl (C=O) groups excluding carboxylic acids is 3. The summed E-state index contributed by atoms with van der Waals surface area (Å²) >= 11 is 0. The predicted molar refractivity (Wildman–Crippen MR) is 93.0 cm³/mol. The minimum absolute atomic E-state index is 0.0662. The molecule has 0 fully saturated rings. The van der Waals surface area contributed by atoms with Gasteiger partial charge in [-0.3, -0.25) is 29.4 Å². The van der Waals surface area contributed by atoms with Gasteiger partial charge in [0.2, 0.25) is 5.91 Å². The number of hydrogen-bond acceptors (Lipinski definition) is 5. The molecule has 0 bridgehead atoms. The first-order valence-electron chi connectivity index (χ1n) is 7.80. The van der Waals surface area contributed by atoms with E-state index in [-0.39, 0.29) is 11.1 Å². The number of nitrogens with one attached hydrogen (secondary N) is 1. The average Bonchev–Trinajstić information content (AvgIpc) is 2.82. The number of nitrogens with zero attached hydrogens (tertiary/aromatic N) is 2. The zero-order valence-corrected chi connectivity index (χ0v) is 14.1. The molecule has 0 atom stereocenters. The number of nitro groups is 1. The van der Waals surface area contributed by atoms with Crippen molar-refractivity contribution in [3.63, 3.8) is 0 Å². The zero-order chi connectivity index (χ0) is 19.0. The van der Waals surface area contributed by atoms with Crippen LogP contribution in [0.1, 0.15) is 31.8 Å². The topological polar surface area (TPSA) is 110 Å². The summed E-state index contributed by atoms with van der Waals surface area (Å²) < 4.78 is 0. The van der Waals surface area contributed by atoms with E-state index in [1.54, 1.807) is 6.07 Å². The highest BCUT2D eigenvalue weighted by Crippen LogP contribution is 2.30. The van der Waals surface area contributed by atoms with E-state index >= 15 is 0 Å². The summed E-state index contributed by atoms with van der Waals surface area (Å²) in [7, 11) is 0. The quantitative estimate of drug-likeness (QED) is 0.516. The standard InChI is InChI=1S/C18H15N3O5/c1-10-6-7-13(11(2)8-10)19-15(22)9-20-17(23)12-4-3-5-14(21(25)26)16(12)18(20)24/h3-8H,9H2,1-2H3,(H,19,22). The normalized spacial score (nSPS) is 12.9. The molecule has 0 spiro atoms. The van der Waals surface area contributed by atoms with Gasteiger partial charge in [-0.25, -0.2) is 0 Å². The number of hydrogen-bond donors (Lipinski definition) is 1. The Labute approximate surface area is 148 Å². The molecule has 0 saturated heterocycles. The molecule has 3 rings (SSSR count). The minimum Gasteiger partial charge on any atom is -0.324 e. The van der Waals surface area contributed by atoms with Crippen molar-refractivity contribution in [3.05, 3.63) is 68.8 Å². The summed E-state index contributed by atoms with van der Waals surface area (Å²) in [4.78, 5) is 48.2. The van der Waals surface area contributed by atoms with E-state index in [9.17, 15) is 24.5 Å². The van der Waals surface area contributed by atoms with Crippen LogP contribution in [0.3, 0.4) is 0 Å². The maximum absolute atomic E-state index is 12.5. The monoisotopic (exact) mass is 353 g/mol. The number of carbonyl (C=O) groups is 3. The molecule has 0 unspecified atom stereocenters. The Morgan fingerprint density at radius 3 is 2.54 bits per heavy atom. The molecule has 132 valence electrons. The van der Waals surface area contributed by atoms with Gasteiger partial charge in [0.15, 0.2) is 0 Å². The van der Waals surface area contributed by atoms with Crippen molar-refractivity contribution in [2.24, 2.45) is 0 Å². The highest BCUT2D eigenvalue weighted by Gasteiger charge is 2.41. The van der Waals surface area contributed by atoms with Crippen LogP contribution in [-0.2, 0) is 4.79 Å². The molecule has 1 aliphatic heterocycles. The highest BCUT2D eigenvalue weighted by atomic mass is 16.6. The maximum atomic E-state index is 12.5. The van der Waals surface area contributed by atoms with Crippen molar-refractivity contribution >= 4 is 29.1 Å². The van der Waals surface area contributed by atoms with Crippen LogP contribution in [0.15, 0.2) is 36.4 Å². The van der Waals surface area contributed by atoms with Gasteiger partial charge in [0.05, 0.1) is 10.5 Å². The fourth-order valence-electron chi connectivity index (χ4n) is 2.90. The Morgan fingerprint density at radius 1 is 1.15 bits per heavy atom. The van der Waals surface area contributed by atoms with Gasteiger partial charge in [0, 0.05) is 11.8 Å². The molecule has 1 heterocycles. The van der Waals surface area contributed by atoms with Crippen LogP contribution in [-0.4, -0.2) is 34.1 Å². The van der Waals surface area contributed by atoms with E-state index in [2.05, 4.69) is 5.32 Å². The first-order valence-corrected chi connectivity index (χ1v) is 7.80. The van der Waals surface area contributed by atoms with Gasteiger partial charge in [-0.2, -0.15) is 0 Å². The summed E-state index contributed by atoms with van der Waals surface area (Å²) in [5, 5.41) is 13.7. The summed E-state index contributed by atoms with van der Waals surface area (Å²) in [6.45, 7) is 3.23. The third-order valence-electron chi connectivity index (χ3n) is 4.13. The molecule has 0 radical (unpaired) electrons. The molecule has 26 heavy (non-hydrogen) atoms. The van der Waals surface area contributed by atoms with Crippen LogP contribution in [0.4, 0.5) is 11.4 Å². The minimum atomic E-state index is -0.840. The van der Waals surface area contributed by atoms with Crippen LogP contribution in [0.25, 0.3) is 0 Å². The first-order chi connectivity index (χ1) is 12.3. The van der Waals surface area contributed by atoms with E-state index in [1.807, 2.05) is 26.0 Å². The largest absolute Gasteiger partial charge is 0.324 e. The second-order valence-corrected chi connectivity index (χ2v) is 6.02. The van der Waals surface area contributed by atoms with Crippen molar-refractivity contribution in [3.8, 4) is 0 Å². The zero-order valence-electron chi connectivity index (χ0n) is 14.1. The number of amides is 3. The van der Waals surface area contributed by atoms with Crippen molar-refractivity contribution < 1.29 is 19.3 Å². The second-order valence-electron chi connectivity index (χ2n) is 6.02. The Kier molecular flexibility index (Phi) is 4.25. The van der Waals surface area contributed by atoms with Crippen molar-refractivity contribution in [1.82, 2.24) is 4.90 Å². The van der Waals surface area contributed by atoms with E-state index in [0.29, 0.717) is 5.69 Å². The van der Waals surface area contributed by atoms with E-state index < -0.39 is 34.9 Å². The maximum Gasteiger partial charge on any atom is 0.282 e. The molecule has 0 aromatic heterocycles. The molecule has 8 heteroatoms. The van der Waals surface area contributed by atoms with Crippen LogP contribution < -0.4 is 5.32 Å². The first kappa shape index (κ1) is 17.3. The van der Waals surface area contributed by atoms with E-state index in [4.69, 9.17) is 0 Å². The number of anilines is 1. The van der Waals surface area contributed by atoms with E-state index in [0.717, 1.165) is 22.1 Å². The van der Waals surface area contributed by atoms with Crippen molar-refractivity contribution in [2.75, 3.05) is 11.9 Å². The summed E-state index contributed by atoms with van der Waals surface area (Å²) in [6.07, 6.45) is 0. The number of fused-ring (bicyclic) bond motifs is 1. The molecular formula is C18H15N3O5. The van der Waals surface area contributed by atoms with Crippen LogP contribution >= 0.6 is 0 Å². The second kappa shape index (κ2) is 6.40. The highest BCUT2D eigenvalue weighted by molar-refractivity contribution is 6.24. The number of aryl methyl sites for hydroxylation is 2. The average molecular weight is 353 g/mol.